The molecule has 1 atom stereocenters. The number of benzene rings is 2. The minimum absolute atomic E-state index is 0.245. The molecule has 0 spiro atoms. The van der Waals surface area contributed by atoms with Gasteiger partial charge in [-0.2, -0.15) is 0 Å². The number of aliphatic hydroxyl groups excluding tert-OH is 1. The number of aliphatic hydroxyl groups is 1. The standard InChI is InChI=1S/C16H18O3/c1-18-16-10-6-5-9-14(16)15(17)12-19-11-13-7-3-2-4-8-13/h2-10,15,17H,11-12H2,1H3. The Morgan fingerprint density at radius 3 is 2.42 bits per heavy atom. The van der Waals surface area contributed by atoms with Crippen molar-refractivity contribution in [2.45, 2.75) is 12.7 Å². The average molecular weight is 258 g/mol. The molecule has 19 heavy (non-hydrogen) atoms. The number of methoxy groups -OCH3 is 1. The number of hydrogen-bond acceptors (Lipinski definition) is 3. The zero-order valence-corrected chi connectivity index (χ0v) is 11.0. The van der Waals surface area contributed by atoms with E-state index in [0.29, 0.717) is 12.4 Å². The van der Waals surface area contributed by atoms with Crippen molar-refractivity contribution in [3.05, 3.63) is 65.7 Å². The van der Waals surface area contributed by atoms with Crippen molar-refractivity contribution in [1.29, 1.82) is 0 Å². The highest BCUT2D eigenvalue weighted by atomic mass is 16.5. The number of ether oxygens (including phenoxy) is 2. The Balaban J connectivity index is 1.89. The summed E-state index contributed by atoms with van der Waals surface area (Å²) in [6.45, 7) is 0.738. The van der Waals surface area contributed by atoms with Crippen molar-refractivity contribution in [3.63, 3.8) is 0 Å². The smallest absolute Gasteiger partial charge is 0.124 e. The lowest BCUT2D eigenvalue weighted by molar-refractivity contribution is 0.0266. The first-order valence-corrected chi connectivity index (χ1v) is 6.24. The second kappa shape index (κ2) is 6.92. The maximum atomic E-state index is 10.1. The fourth-order valence-corrected chi connectivity index (χ4v) is 1.89. The maximum Gasteiger partial charge on any atom is 0.124 e. The third kappa shape index (κ3) is 3.81. The second-order valence-electron chi connectivity index (χ2n) is 4.26. The van der Waals surface area contributed by atoms with Crippen LogP contribution in [0.1, 0.15) is 17.2 Å². The molecule has 3 heteroatoms. The van der Waals surface area contributed by atoms with Crippen LogP contribution in [-0.4, -0.2) is 18.8 Å². The van der Waals surface area contributed by atoms with Crippen LogP contribution in [0.2, 0.25) is 0 Å². The van der Waals surface area contributed by atoms with Gasteiger partial charge in [0.2, 0.25) is 0 Å². The quantitative estimate of drug-likeness (QED) is 0.865. The summed E-state index contributed by atoms with van der Waals surface area (Å²) < 4.78 is 10.7. The van der Waals surface area contributed by atoms with E-state index in [1.807, 2.05) is 54.6 Å². The zero-order chi connectivity index (χ0) is 13.5. The number of para-hydroxylation sites is 1. The van der Waals surface area contributed by atoms with Crippen LogP contribution in [-0.2, 0) is 11.3 Å². The molecule has 0 bridgehead atoms. The average Bonchev–Trinajstić information content (AvgIpc) is 2.48. The molecule has 0 fully saturated rings. The van der Waals surface area contributed by atoms with Gasteiger partial charge in [0.1, 0.15) is 11.9 Å². The molecule has 0 aromatic heterocycles. The maximum absolute atomic E-state index is 10.1. The summed E-state index contributed by atoms with van der Waals surface area (Å²) in [6.07, 6.45) is -0.681. The van der Waals surface area contributed by atoms with Crippen LogP contribution in [0.15, 0.2) is 54.6 Å². The Bertz CT molecular complexity index is 496. The van der Waals surface area contributed by atoms with E-state index >= 15 is 0 Å². The first-order valence-electron chi connectivity index (χ1n) is 6.24. The first kappa shape index (κ1) is 13.6. The Morgan fingerprint density at radius 1 is 1.00 bits per heavy atom. The van der Waals surface area contributed by atoms with Gasteiger partial charge in [-0.3, -0.25) is 0 Å². The van der Waals surface area contributed by atoms with Crippen LogP contribution in [0, 0.1) is 0 Å². The Labute approximate surface area is 113 Å². The van der Waals surface area contributed by atoms with Crippen LogP contribution >= 0.6 is 0 Å². The molecule has 0 aliphatic heterocycles. The van der Waals surface area contributed by atoms with Gasteiger partial charge >= 0.3 is 0 Å². The minimum atomic E-state index is -0.681. The molecule has 2 aromatic rings. The third-order valence-electron chi connectivity index (χ3n) is 2.89. The first-order chi connectivity index (χ1) is 9.31. The fraction of sp³-hybridized carbons (Fsp3) is 0.250. The molecule has 1 N–H and O–H groups in total. The summed E-state index contributed by atoms with van der Waals surface area (Å²) in [5, 5.41) is 10.1. The summed E-state index contributed by atoms with van der Waals surface area (Å²) in [7, 11) is 1.59. The Hall–Kier alpha value is -1.84. The highest BCUT2D eigenvalue weighted by molar-refractivity contribution is 5.34. The molecule has 0 saturated carbocycles. The van der Waals surface area contributed by atoms with Gasteiger partial charge < -0.3 is 14.6 Å². The predicted molar refractivity (Wildman–Crippen MR) is 74.1 cm³/mol. The van der Waals surface area contributed by atoms with Gasteiger partial charge in [0, 0.05) is 5.56 Å². The predicted octanol–water partition coefficient (Wildman–Crippen LogP) is 2.95. The molecule has 0 heterocycles. The van der Waals surface area contributed by atoms with Crippen LogP contribution in [0.3, 0.4) is 0 Å². The van der Waals surface area contributed by atoms with Gasteiger partial charge in [-0.15, -0.1) is 0 Å². The minimum Gasteiger partial charge on any atom is -0.496 e. The van der Waals surface area contributed by atoms with Crippen molar-refractivity contribution in [2.75, 3.05) is 13.7 Å². The number of rotatable bonds is 6. The van der Waals surface area contributed by atoms with E-state index in [4.69, 9.17) is 9.47 Å². The summed E-state index contributed by atoms with van der Waals surface area (Å²) >= 11 is 0. The Kier molecular flexibility index (Phi) is 4.95. The number of hydrogen-bond donors (Lipinski definition) is 1. The van der Waals surface area contributed by atoms with E-state index in [1.54, 1.807) is 7.11 Å². The van der Waals surface area contributed by atoms with E-state index < -0.39 is 6.10 Å². The summed E-state index contributed by atoms with van der Waals surface area (Å²) in [5.41, 5.74) is 1.84. The normalized spacial score (nSPS) is 12.1. The van der Waals surface area contributed by atoms with Crippen LogP contribution in [0.25, 0.3) is 0 Å². The molecule has 0 aliphatic carbocycles. The van der Waals surface area contributed by atoms with Crippen LogP contribution in [0.4, 0.5) is 0 Å². The van der Waals surface area contributed by atoms with Crippen molar-refractivity contribution in [3.8, 4) is 5.75 Å². The molecule has 1 unspecified atom stereocenters. The van der Waals surface area contributed by atoms with E-state index in [9.17, 15) is 5.11 Å². The van der Waals surface area contributed by atoms with Gasteiger partial charge in [0.05, 0.1) is 20.3 Å². The van der Waals surface area contributed by atoms with Crippen molar-refractivity contribution in [2.24, 2.45) is 0 Å². The molecule has 0 radical (unpaired) electrons. The summed E-state index contributed by atoms with van der Waals surface area (Å²) in [4.78, 5) is 0. The highest BCUT2D eigenvalue weighted by Crippen LogP contribution is 2.24. The molecule has 0 amide bonds. The van der Waals surface area contributed by atoms with E-state index in [2.05, 4.69) is 0 Å². The zero-order valence-electron chi connectivity index (χ0n) is 11.0. The second-order valence-corrected chi connectivity index (χ2v) is 4.26. The highest BCUT2D eigenvalue weighted by Gasteiger charge is 2.12. The van der Waals surface area contributed by atoms with Gasteiger partial charge in [0.25, 0.3) is 0 Å². The molecule has 100 valence electrons. The molecular weight excluding hydrogens is 240 g/mol. The van der Waals surface area contributed by atoms with Crippen LogP contribution < -0.4 is 4.74 Å². The molecule has 2 rings (SSSR count). The lowest BCUT2D eigenvalue weighted by atomic mass is 10.1. The lowest BCUT2D eigenvalue weighted by Gasteiger charge is -2.14. The summed E-state index contributed by atoms with van der Waals surface area (Å²) in [6, 6.07) is 17.3. The molecule has 0 aliphatic rings. The molecular formula is C16H18O3. The van der Waals surface area contributed by atoms with E-state index in [0.717, 1.165) is 11.1 Å². The van der Waals surface area contributed by atoms with Crippen molar-refractivity contribution >= 4 is 0 Å². The van der Waals surface area contributed by atoms with Gasteiger partial charge in [-0.25, -0.2) is 0 Å². The monoisotopic (exact) mass is 258 g/mol. The van der Waals surface area contributed by atoms with Gasteiger partial charge in [-0.1, -0.05) is 48.5 Å². The molecule has 2 aromatic carbocycles. The molecule has 0 saturated heterocycles. The topological polar surface area (TPSA) is 38.7 Å². The van der Waals surface area contributed by atoms with Gasteiger partial charge in [-0.05, 0) is 11.6 Å². The largest absolute Gasteiger partial charge is 0.496 e. The summed E-state index contributed by atoms with van der Waals surface area (Å²) in [5.74, 6) is 0.679. The fourth-order valence-electron chi connectivity index (χ4n) is 1.89. The SMILES string of the molecule is COc1ccccc1C(O)COCc1ccccc1. The van der Waals surface area contributed by atoms with Crippen molar-refractivity contribution in [1.82, 2.24) is 0 Å². The third-order valence-corrected chi connectivity index (χ3v) is 2.89. The Morgan fingerprint density at radius 2 is 1.68 bits per heavy atom. The molecule has 3 nitrogen and oxygen atoms in total. The van der Waals surface area contributed by atoms with Crippen molar-refractivity contribution < 1.29 is 14.6 Å². The van der Waals surface area contributed by atoms with Crippen LogP contribution in [0.5, 0.6) is 5.75 Å². The van der Waals surface area contributed by atoms with E-state index in [-0.39, 0.29) is 6.61 Å². The van der Waals surface area contributed by atoms with E-state index in [1.165, 1.54) is 0 Å². The van der Waals surface area contributed by atoms with Gasteiger partial charge in [0.15, 0.2) is 0 Å². The lowest BCUT2D eigenvalue weighted by Crippen LogP contribution is -2.08.